The van der Waals surface area contributed by atoms with Gasteiger partial charge in [0.1, 0.15) is 0 Å². The molecule has 0 fully saturated rings. The van der Waals surface area contributed by atoms with E-state index in [9.17, 15) is 8.42 Å². The SMILES string of the molecule is O=S(=O)(O)c1ccc(CCCOCCCCCOCc2ccccc2)cc1. The first-order valence-electron chi connectivity index (χ1n) is 9.31. The van der Waals surface area contributed by atoms with E-state index in [1.165, 1.54) is 17.7 Å². The van der Waals surface area contributed by atoms with Gasteiger partial charge in [0, 0.05) is 19.8 Å². The molecule has 0 aliphatic rings. The van der Waals surface area contributed by atoms with Crippen molar-refractivity contribution < 1.29 is 22.4 Å². The van der Waals surface area contributed by atoms with Gasteiger partial charge >= 0.3 is 0 Å². The largest absolute Gasteiger partial charge is 0.381 e. The summed E-state index contributed by atoms with van der Waals surface area (Å²) in [7, 11) is -4.11. The normalized spacial score (nSPS) is 11.6. The molecule has 0 heterocycles. The molecule has 0 radical (unpaired) electrons. The van der Waals surface area contributed by atoms with Crippen LogP contribution >= 0.6 is 0 Å². The molecule has 0 saturated heterocycles. The second-order valence-corrected chi connectivity index (χ2v) is 7.86. The number of aryl methyl sites for hydroxylation is 1. The lowest BCUT2D eigenvalue weighted by Gasteiger charge is -2.06. The fraction of sp³-hybridized carbons (Fsp3) is 0.429. The van der Waals surface area contributed by atoms with E-state index in [1.54, 1.807) is 12.1 Å². The van der Waals surface area contributed by atoms with Crippen LogP contribution in [0, 0.1) is 0 Å². The lowest BCUT2D eigenvalue weighted by Crippen LogP contribution is -2.01. The van der Waals surface area contributed by atoms with E-state index in [1.807, 2.05) is 18.2 Å². The molecule has 2 aromatic carbocycles. The Bertz CT molecular complexity index is 742. The molecule has 0 saturated carbocycles. The van der Waals surface area contributed by atoms with Crippen molar-refractivity contribution in [3.8, 4) is 0 Å². The first-order valence-corrected chi connectivity index (χ1v) is 10.8. The minimum atomic E-state index is -4.11. The smallest absolute Gasteiger partial charge is 0.294 e. The summed E-state index contributed by atoms with van der Waals surface area (Å²) in [5.41, 5.74) is 2.23. The fourth-order valence-corrected chi connectivity index (χ4v) is 3.14. The highest BCUT2D eigenvalue weighted by Crippen LogP contribution is 2.11. The summed E-state index contributed by atoms with van der Waals surface area (Å²) in [6.45, 7) is 2.88. The van der Waals surface area contributed by atoms with E-state index < -0.39 is 10.1 Å². The van der Waals surface area contributed by atoms with Crippen LogP contribution in [0.1, 0.15) is 36.8 Å². The van der Waals surface area contributed by atoms with Gasteiger partial charge in [-0.2, -0.15) is 8.42 Å². The zero-order chi connectivity index (χ0) is 19.4. The molecule has 148 valence electrons. The zero-order valence-corrected chi connectivity index (χ0v) is 16.4. The third-order valence-electron chi connectivity index (χ3n) is 4.16. The Balaban J connectivity index is 1.42. The molecule has 2 rings (SSSR count). The topological polar surface area (TPSA) is 72.8 Å². The van der Waals surface area contributed by atoms with Gasteiger partial charge in [-0.1, -0.05) is 42.5 Å². The van der Waals surface area contributed by atoms with Gasteiger partial charge in [-0.3, -0.25) is 4.55 Å². The standard InChI is InChI=1S/C21H28O5S/c22-27(23,24)21-13-11-19(12-14-21)10-7-17-25-15-5-2-6-16-26-18-20-8-3-1-4-9-20/h1,3-4,8-9,11-14H,2,5-7,10,15-18H2,(H,22,23,24). The number of rotatable bonds is 13. The monoisotopic (exact) mass is 392 g/mol. The Labute approximate surface area is 162 Å². The maximum atomic E-state index is 11.0. The first-order chi connectivity index (χ1) is 13.1. The average molecular weight is 393 g/mol. The van der Waals surface area contributed by atoms with Crippen molar-refractivity contribution in [2.75, 3.05) is 19.8 Å². The lowest BCUT2D eigenvalue weighted by molar-refractivity contribution is 0.106. The van der Waals surface area contributed by atoms with Crippen LogP contribution in [0.3, 0.4) is 0 Å². The van der Waals surface area contributed by atoms with Crippen LogP contribution in [0.2, 0.25) is 0 Å². The molecule has 0 bridgehead atoms. The van der Waals surface area contributed by atoms with Crippen LogP contribution in [0.4, 0.5) is 0 Å². The predicted octanol–water partition coefficient (Wildman–Crippen LogP) is 4.27. The number of unbranched alkanes of at least 4 members (excludes halogenated alkanes) is 2. The molecular weight excluding hydrogens is 364 g/mol. The molecule has 0 aliphatic carbocycles. The molecule has 0 aromatic heterocycles. The van der Waals surface area contributed by atoms with Crippen molar-refractivity contribution >= 4 is 10.1 Å². The highest BCUT2D eigenvalue weighted by atomic mass is 32.2. The second-order valence-electron chi connectivity index (χ2n) is 6.43. The van der Waals surface area contributed by atoms with E-state index >= 15 is 0 Å². The minimum Gasteiger partial charge on any atom is -0.381 e. The molecule has 27 heavy (non-hydrogen) atoms. The van der Waals surface area contributed by atoms with Gasteiger partial charge in [-0.05, 0) is 55.4 Å². The Morgan fingerprint density at radius 1 is 0.704 bits per heavy atom. The molecule has 6 heteroatoms. The van der Waals surface area contributed by atoms with Crippen molar-refractivity contribution in [3.05, 3.63) is 65.7 Å². The van der Waals surface area contributed by atoms with Gasteiger partial charge in [-0.25, -0.2) is 0 Å². The first kappa shape index (κ1) is 21.6. The number of hydrogen-bond acceptors (Lipinski definition) is 4. The summed E-state index contributed by atoms with van der Waals surface area (Å²) >= 11 is 0. The molecule has 0 unspecified atom stereocenters. The minimum absolute atomic E-state index is 0.0738. The molecule has 0 amide bonds. The number of hydrogen-bond donors (Lipinski definition) is 1. The Morgan fingerprint density at radius 3 is 2.00 bits per heavy atom. The maximum Gasteiger partial charge on any atom is 0.294 e. The summed E-state index contributed by atoms with van der Waals surface area (Å²) in [5.74, 6) is 0. The zero-order valence-electron chi connectivity index (χ0n) is 15.5. The predicted molar refractivity (Wildman–Crippen MR) is 105 cm³/mol. The van der Waals surface area contributed by atoms with E-state index in [-0.39, 0.29) is 4.90 Å². The van der Waals surface area contributed by atoms with E-state index in [2.05, 4.69) is 12.1 Å². The maximum absolute atomic E-state index is 11.0. The van der Waals surface area contributed by atoms with Gasteiger partial charge in [0.25, 0.3) is 10.1 Å². The molecule has 2 aromatic rings. The second kappa shape index (κ2) is 11.9. The van der Waals surface area contributed by atoms with Crippen molar-refractivity contribution in [2.24, 2.45) is 0 Å². The quantitative estimate of drug-likeness (QED) is 0.407. The Morgan fingerprint density at radius 2 is 1.33 bits per heavy atom. The number of ether oxygens (including phenoxy) is 2. The van der Waals surface area contributed by atoms with Gasteiger partial charge in [0.15, 0.2) is 0 Å². The van der Waals surface area contributed by atoms with E-state index in [4.69, 9.17) is 14.0 Å². The van der Waals surface area contributed by atoms with Crippen LogP contribution in [0.5, 0.6) is 0 Å². The van der Waals surface area contributed by atoms with Gasteiger partial charge < -0.3 is 9.47 Å². The summed E-state index contributed by atoms with van der Waals surface area (Å²) in [5, 5.41) is 0. The summed E-state index contributed by atoms with van der Waals surface area (Å²) in [4.78, 5) is -0.0738. The van der Waals surface area contributed by atoms with Crippen molar-refractivity contribution in [3.63, 3.8) is 0 Å². The highest BCUT2D eigenvalue weighted by molar-refractivity contribution is 7.85. The van der Waals surface area contributed by atoms with Crippen LogP contribution in [0.15, 0.2) is 59.5 Å². The van der Waals surface area contributed by atoms with Crippen LogP contribution < -0.4 is 0 Å². The summed E-state index contributed by atoms with van der Waals surface area (Å²) < 4.78 is 42.2. The lowest BCUT2D eigenvalue weighted by atomic mass is 10.1. The average Bonchev–Trinajstić information content (AvgIpc) is 2.66. The summed E-state index contributed by atoms with van der Waals surface area (Å²) in [6, 6.07) is 16.5. The van der Waals surface area contributed by atoms with Crippen LogP contribution in [-0.2, 0) is 32.6 Å². The van der Waals surface area contributed by atoms with Gasteiger partial charge in [-0.15, -0.1) is 0 Å². The molecule has 5 nitrogen and oxygen atoms in total. The summed E-state index contributed by atoms with van der Waals surface area (Å²) in [6.07, 6.45) is 4.85. The van der Waals surface area contributed by atoms with Gasteiger partial charge in [0.2, 0.25) is 0 Å². The van der Waals surface area contributed by atoms with Crippen LogP contribution in [0.25, 0.3) is 0 Å². The molecular formula is C21H28O5S. The molecule has 0 aliphatic heterocycles. The highest BCUT2D eigenvalue weighted by Gasteiger charge is 2.08. The molecule has 1 N–H and O–H groups in total. The third kappa shape index (κ3) is 9.15. The van der Waals surface area contributed by atoms with E-state index in [0.717, 1.165) is 50.9 Å². The fourth-order valence-electron chi connectivity index (χ4n) is 2.66. The van der Waals surface area contributed by atoms with Crippen molar-refractivity contribution in [2.45, 2.75) is 43.6 Å². The Kier molecular flexibility index (Phi) is 9.48. The van der Waals surface area contributed by atoms with Gasteiger partial charge in [0.05, 0.1) is 11.5 Å². The van der Waals surface area contributed by atoms with E-state index in [0.29, 0.717) is 13.2 Å². The van der Waals surface area contributed by atoms with Crippen LogP contribution in [-0.4, -0.2) is 32.8 Å². The molecule has 0 atom stereocenters. The third-order valence-corrected chi connectivity index (χ3v) is 5.03. The Hall–Kier alpha value is -1.73. The molecule has 0 spiro atoms. The van der Waals surface area contributed by atoms with Crippen molar-refractivity contribution in [1.29, 1.82) is 0 Å². The van der Waals surface area contributed by atoms with Crippen molar-refractivity contribution in [1.82, 2.24) is 0 Å². The number of benzene rings is 2.